The van der Waals surface area contributed by atoms with Crippen LogP contribution in [-0.2, 0) is 10.0 Å². The van der Waals surface area contributed by atoms with Gasteiger partial charge in [-0.1, -0.05) is 0 Å². The second-order valence-electron chi connectivity index (χ2n) is 6.93. The van der Waals surface area contributed by atoms with E-state index in [1.807, 2.05) is 11.8 Å². The first-order chi connectivity index (χ1) is 11.4. The number of benzene rings is 1. The van der Waals surface area contributed by atoms with Gasteiger partial charge in [-0.15, -0.1) is 0 Å². The lowest BCUT2D eigenvalue weighted by atomic mass is 9.92. The summed E-state index contributed by atoms with van der Waals surface area (Å²) in [5, 5.41) is 0. The molecule has 2 unspecified atom stereocenters. The Bertz CT molecular complexity index is 696. The van der Waals surface area contributed by atoms with Crippen LogP contribution in [0.2, 0.25) is 0 Å². The molecule has 1 heterocycles. The monoisotopic (exact) mass is 351 g/mol. The number of carbonyl (C=O) groups is 1. The highest BCUT2D eigenvalue weighted by molar-refractivity contribution is 7.89. The maximum absolute atomic E-state index is 12.6. The average Bonchev–Trinajstić information content (AvgIpc) is 3.37. The number of likely N-dealkylation sites (tertiary alicyclic amines) is 1. The van der Waals surface area contributed by atoms with Gasteiger partial charge in [0.05, 0.1) is 4.90 Å². The van der Waals surface area contributed by atoms with Crippen LogP contribution in [-0.4, -0.2) is 44.4 Å². The van der Waals surface area contributed by atoms with E-state index in [1.165, 1.54) is 12.1 Å². The number of nitrogens with zero attached hydrogens (tertiary/aromatic N) is 1. The predicted molar refractivity (Wildman–Crippen MR) is 92.1 cm³/mol. The molecule has 7 heteroatoms. The van der Waals surface area contributed by atoms with E-state index in [-0.39, 0.29) is 22.9 Å². The van der Waals surface area contributed by atoms with Crippen molar-refractivity contribution in [3.63, 3.8) is 0 Å². The van der Waals surface area contributed by atoms with Crippen LogP contribution >= 0.6 is 0 Å². The lowest BCUT2D eigenvalue weighted by Crippen LogP contribution is -2.45. The number of hydrogen-bond donors (Lipinski definition) is 2. The Morgan fingerprint density at radius 1 is 1.25 bits per heavy atom. The molecule has 1 saturated heterocycles. The van der Waals surface area contributed by atoms with E-state index in [1.54, 1.807) is 12.1 Å². The van der Waals surface area contributed by atoms with Gasteiger partial charge in [-0.2, -0.15) is 0 Å². The van der Waals surface area contributed by atoms with Gasteiger partial charge in [0, 0.05) is 30.7 Å². The lowest BCUT2D eigenvalue weighted by Gasteiger charge is -2.34. The third-order valence-corrected chi connectivity index (χ3v) is 6.34. The van der Waals surface area contributed by atoms with E-state index in [0.717, 1.165) is 32.2 Å². The van der Waals surface area contributed by atoms with Crippen LogP contribution < -0.4 is 10.5 Å². The average molecular weight is 351 g/mol. The number of carbonyl (C=O) groups excluding carboxylic acids is 1. The molecule has 1 aromatic carbocycles. The topological polar surface area (TPSA) is 92.5 Å². The highest BCUT2D eigenvalue weighted by atomic mass is 32.2. The van der Waals surface area contributed by atoms with Crippen LogP contribution in [0.4, 0.5) is 0 Å². The van der Waals surface area contributed by atoms with Gasteiger partial charge in [0.25, 0.3) is 5.91 Å². The SMILES string of the molecule is CC(N)C1CCCN(C(=O)c2ccc(S(=O)(=O)NC3CC3)cc2)C1. The molecule has 0 aromatic heterocycles. The molecule has 0 radical (unpaired) electrons. The third-order valence-electron chi connectivity index (χ3n) is 4.80. The van der Waals surface area contributed by atoms with Crippen molar-refractivity contribution in [2.45, 2.75) is 49.6 Å². The van der Waals surface area contributed by atoms with Crippen LogP contribution in [0.5, 0.6) is 0 Å². The predicted octanol–water partition coefficient (Wildman–Crippen LogP) is 1.33. The molecule has 1 amide bonds. The van der Waals surface area contributed by atoms with Gasteiger partial charge in [0.1, 0.15) is 0 Å². The molecule has 1 aliphatic heterocycles. The van der Waals surface area contributed by atoms with Gasteiger partial charge >= 0.3 is 0 Å². The van der Waals surface area contributed by atoms with Crippen molar-refractivity contribution in [3.8, 4) is 0 Å². The molecule has 2 aliphatic rings. The van der Waals surface area contributed by atoms with Crippen molar-refractivity contribution in [3.05, 3.63) is 29.8 Å². The molecular weight excluding hydrogens is 326 g/mol. The first-order valence-corrected chi connectivity index (χ1v) is 10.0. The van der Waals surface area contributed by atoms with Crippen LogP contribution in [0, 0.1) is 5.92 Å². The first-order valence-electron chi connectivity index (χ1n) is 8.54. The summed E-state index contributed by atoms with van der Waals surface area (Å²) in [4.78, 5) is 14.7. The molecular formula is C17H25N3O3S. The number of nitrogens with one attached hydrogen (secondary N) is 1. The third kappa shape index (κ3) is 3.96. The van der Waals surface area contributed by atoms with Gasteiger partial charge in [0.15, 0.2) is 0 Å². The van der Waals surface area contributed by atoms with Crippen LogP contribution in [0.1, 0.15) is 43.0 Å². The Balaban J connectivity index is 1.69. The molecule has 3 N–H and O–H groups in total. The molecule has 6 nitrogen and oxygen atoms in total. The number of nitrogens with two attached hydrogens (primary N) is 1. The summed E-state index contributed by atoms with van der Waals surface area (Å²) in [7, 11) is -3.48. The van der Waals surface area contributed by atoms with Crippen LogP contribution in [0.15, 0.2) is 29.2 Å². The summed E-state index contributed by atoms with van der Waals surface area (Å²) < 4.78 is 27.0. The number of piperidine rings is 1. The van der Waals surface area contributed by atoms with E-state index in [2.05, 4.69) is 4.72 Å². The van der Waals surface area contributed by atoms with E-state index in [4.69, 9.17) is 5.73 Å². The lowest BCUT2D eigenvalue weighted by molar-refractivity contribution is 0.0661. The van der Waals surface area contributed by atoms with Gasteiger partial charge < -0.3 is 10.6 Å². The maximum Gasteiger partial charge on any atom is 0.253 e. The van der Waals surface area contributed by atoms with Gasteiger partial charge in [-0.05, 0) is 62.8 Å². The second-order valence-corrected chi connectivity index (χ2v) is 8.65. The molecule has 24 heavy (non-hydrogen) atoms. The molecule has 2 fully saturated rings. The number of sulfonamides is 1. The molecule has 0 bridgehead atoms. The zero-order valence-electron chi connectivity index (χ0n) is 13.9. The zero-order chi connectivity index (χ0) is 17.3. The fourth-order valence-electron chi connectivity index (χ4n) is 3.07. The molecule has 0 spiro atoms. The fraction of sp³-hybridized carbons (Fsp3) is 0.588. The van der Waals surface area contributed by atoms with Crippen molar-refractivity contribution in [1.82, 2.24) is 9.62 Å². The number of rotatable bonds is 5. The summed E-state index contributed by atoms with van der Waals surface area (Å²) in [5.41, 5.74) is 6.49. The molecule has 1 saturated carbocycles. The summed E-state index contributed by atoms with van der Waals surface area (Å²) in [5.74, 6) is 0.268. The minimum Gasteiger partial charge on any atom is -0.338 e. The molecule has 2 atom stereocenters. The van der Waals surface area contributed by atoms with Crippen molar-refractivity contribution >= 4 is 15.9 Å². The second kappa shape index (κ2) is 6.82. The maximum atomic E-state index is 12.6. The Hall–Kier alpha value is -1.44. The van der Waals surface area contributed by atoms with Crippen LogP contribution in [0.25, 0.3) is 0 Å². The smallest absolute Gasteiger partial charge is 0.253 e. The Labute approximate surface area is 143 Å². The van der Waals surface area contributed by atoms with Gasteiger partial charge in [-0.25, -0.2) is 13.1 Å². The Morgan fingerprint density at radius 2 is 1.92 bits per heavy atom. The molecule has 3 rings (SSSR count). The number of amides is 1. The summed E-state index contributed by atoms with van der Waals surface area (Å²) in [6.07, 6.45) is 3.79. The Kier molecular flexibility index (Phi) is 4.94. The minimum absolute atomic E-state index is 0.0561. The minimum atomic E-state index is -3.48. The van der Waals surface area contributed by atoms with Crippen LogP contribution in [0.3, 0.4) is 0 Å². The van der Waals surface area contributed by atoms with E-state index < -0.39 is 10.0 Å². The van der Waals surface area contributed by atoms with Crippen molar-refractivity contribution < 1.29 is 13.2 Å². The fourth-order valence-corrected chi connectivity index (χ4v) is 4.38. The number of hydrogen-bond acceptors (Lipinski definition) is 4. The van der Waals surface area contributed by atoms with Crippen molar-refractivity contribution in [2.24, 2.45) is 11.7 Å². The van der Waals surface area contributed by atoms with Gasteiger partial charge in [0.2, 0.25) is 10.0 Å². The Morgan fingerprint density at radius 3 is 2.50 bits per heavy atom. The highest BCUT2D eigenvalue weighted by Gasteiger charge is 2.29. The normalized spacial score (nSPS) is 23.1. The summed E-state index contributed by atoms with van der Waals surface area (Å²) >= 11 is 0. The van der Waals surface area contributed by atoms with Crippen molar-refractivity contribution in [1.29, 1.82) is 0 Å². The summed E-state index contributed by atoms with van der Waals surface area (Å²) in [6, 6.07) is 6.34. The van der Waals surface area contributed by atoms with Crippen molar-refractivity contribution in [2.75, 3.05) is 13.1 Å². The largest absolute Gasteiger partial charge is 0.338 e. The quantitative estimate of drug-likeness (QED) is 0.837. The van der Waals surface area contributed by atoms with Gasteiger partial charge in [-0.3, -0.25) is 4.79 Å². The molecule has 1 aliphatic carbocycles. The summed E-state index contributed by atoms with van der Waals surface area (Å²) in [6.45, 7) is 3.37. The van der Waals surface area contributed by atoms with E-state index in [9.17, 15) is 13.2 Å². The van der Waals surface area contributed by atoms with E-state index >= 15 is 0 Å². The zero-order valence-corrected chi connectivity index (χ0v) is 14.8. The van der Waals surface area contributed by atoms with E-state index in [0.29, 0.717) is 18.0 Å². The highest BCUT2D eigenvalue weighted by Crippen LogP contribution is 2.23. The first kappa shape index (κ1) is 17.4. The standard InChI is InChI=1S/C17H25N3O3S/c1-12(18)14-3-2-10-20(11-14)17(21)13-4-8-16(9-5-13)24(22,23)19-15-6-7-15/h4-5,8-9,12,14-15,19H,2-3,6-7,10-11,18H2,1H3. The molecule has 1 aromatic rings. The molecule has 132 valence electrons.